The zero-order valence-corrected chi connectivity index (χ0v) is 14.4. The number of benzene rings is 2. The van der Waals surface area contributed by atoms with Crippen molar-refractivity contribution in [1.29, 1.82) is 0 Å². The molecule has 24 heavy (non-hydrogen) atoms. The molecule has 6 heteroatoms. The Hall–Kier alpha value is -2.11. The van der Waals surface area contributed by atoms with E-state index in [2.05, 4.69) is 5.32 Å². The number of ether oxygens (including phenoxy) is 1. The Morgan fingerprint density at radius 2 is 2.00 bits per heavy atom. The van der Waals surface area contributed by atoms with Gasteiger partial charge in [-0.25, -0.2) is 4.39 Å². The molecule has 4 nitrogen and oxygen atoms in total. The average molecular weight is 351 g/mol. The third-order valence-corrected chi connectivity index (χ3v) is 3.91. The van der Waals surface area contributed by atoms with E-state index < -0.39 is 0 Å². The molecule has 0 spiro atoms. The molecule has 0 aromatic heterocycles. The smallest absolute Gasteiger partial charge is 0.241 e. The Morgan fingerprint density at radius 1 is 1.29 bits per heavy atom. The van der Waals surface area contributed by atoms with Crippen LogP contribution in [-0.2, 0) is 4.79 Å². The van der Waals surface area contributed by atoms with Crippen molar-refractivity contribution in [2.45, 2.75) is 13.0 Å². The lowest BCUT2D eigenvalue weighted by atomic mass is 10.2. The molecule has 0 unspecified atom stereocenters. The van der Waals surface area contributed by atoms with Gasteiger partial charge in [-0.05, 0) is 56.4 Å². The summed E-state index contributed by atoms with van der Waals surface area (Å²) in [5.41, 5.74) is 0.442. The van der Waals surface area contributed by atoms with Crippen LogP contribution in [0.5, 0.6) is 5.75 Å². The lowest BCUT2D eigenvalue weighted by Gasteiger charge is -2.23. The number of carbonyl (C=O) groups is 1. The van der Waals surface area contributed by atoms with Crippen LogP contribution < -0.4 is 10.1 Å². The van der Waals surface area contributed by atoms with E-state index in [1.54, 1.807) is 43.3 Å². The zero-order valence-electron chi connectivity index (χ0n) is 13.6. The van der Waals surface area contributed by atoms with E-state index in [1.807, 2.05) is 11.9 Å². The molecule has 0 aliphatic carbocycles. The highest BCUT2D eigenvalue weighted by atomic mass is 35.5. The first kappa shape index (κ1) is 18.2. The summed E-state index contributed by atoms with van der Waals surface area (Å²) in [7, 11) is 1.83. The van der Waals surface area contributed by atoms with Crippen LogP contribution in [-0.4, -0.2) is 37.0 Å². The highest BCUT2D eigenvalue weighted by molar-refractivity contribution is 6.30. The van der Waals surface area contributed by atoms with Crippen LogP contribution >= 0.6 is 11.6 Å². The first-order valence-corrected chi connectivity index (χ1v) is 7.98. The van der Waals surface area contributed by atoms with Gasteiger partial charge in [0.25, 0.3) is 0 Å². The van der Waals surface area contributed by atoms with Gasteiger partial charge in [-0.3, -0.25) is 9.69 Å². The van der Waals surface area contributed by atoms with Gasteiger partial charge >= 0.3 is 0 Å². The van der Waals surface area contributed by atoms with Gasteiger partial charge in [-0.2, -0.15) is 0 Å². The lowest BCUT2D eigenvalue weighted by molar-refractivity contribution is -0.120. The number of nitrogens with zero attached hydrogens (tertiary/aromatic N) is 1. The summed E-state index contributed by atoms with van der Waals surface area (Å²) in [6, 6.07) is 12.6. The fraction of sp³-hybridized carbons (Fsp3) is 0.278. The quantitative estimate of drug-likeness (QED) is 0.825. The van der Waals surface area contributed by atoms with E-state index >= 15 is 0 Å². The van der Waals surface area contributed by atoms with Gasteiger partial charge in [0.05, 0.1) is 6.04 Å². The van der Waals surface area contributed by atoms with Crippen LogP contribution in [0.25, 0.3) is 0 Å². The normalized spacial score (nSPS) is 12.0. The predicted octanol–water partition coefficient (Wildman–Crippen LogP) is 3.82. The van der Waals surface area contributed by atoms with E-state index in [-0.39, 0.29) is 17.8 Å². The van der Waals surface area contributed by atoms with Gasteiger partial charge in [0.1, 0.15) is 18.2 Å². The second-order valence-corrected chi connectivity index (χ2v) is 5.89. The molecule has 0 bridgehead atoms. The van der Waals surface area contributed by atoms with Crippen molar-refractivity contribution in [3.05, 3.63) is 59.4 Å². The molecular weight excluding hydrogens is 331 g/mol. The molecule has 0 fully saturated rings. The Labute approximate surface area is 146 Å². The summed E-state index contributed by atoms with van der Waals surface area (Å²) in [5, 5.41) is 3.36. The summed E-state index contributed by atoms with van der Waals surface area (Å²) in [6.07, 6.45) is 0. The van der Waals surface area contributed by atoms with Gasteiger partial charge in [0.2, 0.25) is 5.91 Å². The molecule has 0 aliphatic heterocycles. The lowest BCUT2D eigenvalue weighted by Crippen LogP contribution is -2.41. The van der Waals surface area contributed by atoms with Crippen molar-refractivity contribution < 1.29 is 13.9 Å². The third-order valence-electron chi connectivity index (χ3n) is 3.66. The average Bonchev–Trinajstić information content (AvgIpc) is 2.56. The maximum absolute atomic E-state index is 13.1. The number of amides is 1. The number of carbonyl (C=O) groups excluding carboxylic acids is 1. The highest BCUT2D eigenvalue weighted by Crippen LogP contribution is 2.15. The molecule has 0 radical (unpaired) electrons. The number of anilines is 1. The van der Waals surface area contributed by atoms with Crippen molar-refractivity contribution in [1.82, 2.24) is 4.90 Å². The van der Waals surface area contributed by atoms with Gasteiger partial charge in [0, 0.05) is 17.3 Å². The minimum atomic E-state index is -0.384. The van der Waals surface area contributed by atoms with E-state index in [1.165, 1.54) is 12.1 Å². The number of hydrogen-bond acceptors (Lipinski definition) is 3. The fourth-order valence-corrected chi connectivity index (χ4v) is 2.17. The zero-order chi connectivity index (χ0) is 17.5. The number of likely N-dealkylation sites (N-methyl/N-ethyl adjacent to an activating group) is 1. The summed E-state index contributed by atoms with van der Waals surface area (Å²) in [6.45, 7) is 2.80. The van der Waals surface area contributed by atoms with Crippen LogP contribution in [0.4, 0.5) is 10.1 Å². The molecule has 1 amide bonds. The molecule has 1 atom stereocenters. The van der Waals surface area contributed by atoms with E-state index in [0.29, 0.717) is 23.9 Å². The molecule has 0 saturated carbocycles. The van der Waals surface area contributed by atoms with Gasteiger partial charge in [-0.15, -0.1) is 0 Å². The van der Waals surface area contributed by atoms with Crippen molar-refractivity contribution in [2.75, 3.05) is 25.5 Å². The summed E-state index contributed by atoms with van der Waals surface area (Å²) >= 11 is 5.82. The number of halogens is 2. The molecule has 128 valence electrons. The van der Waals surface area contributed by atoms with Gasteiger partial charge in [-0.1, -0.05) is 17.7 Å². The minimum Gasteiger partial charge on any atom is -0.492 e. The standard InChI is InChI=1S/C18H20ClFN2O2/c1-13(18(23)21-16-5-3-4-15(20)12-16)22(2)10-11-24-17-8-6-14(19)7-9-17/h3-9,12-13H,10-11H2,1-2H3,(H,21,23)/t13-/m0/s1. The SMILES string of the molecule is C[C@@H](C(=O)Nc1cccc(F)c1)N(C)CCOc1ccc(Cl)cc1. The number of hydrogen-bond donors (Lipinski definition) is 1. The second-order valence-electron chi connectivity index (χ2n) is 5.46. The van der Waals surface area contributed by atoms with Crippen LogP contribution in [0, 0.1) is 5.82 Å². The summed E-state index contributed by atoms with van der Waals surface area (Å²) in [4.78, 5) is 14.1. The molecule has 2 rings (SSSR count). The molecule has 2 aromatic rings. The van der Waals surface area contributed by atoms with Crippen LogP contribution in [0.3, 0.4) is 0 Å². The molecule has 0 saturated heterocycles. The maximum Gasteiger partial charge on any atom is 0.241 e. The number of rotatable bonds is 7. The Bertz CT molecular complexity index is 679. The first-order valence-electron chi connectivity index (χ1n) is 7.61. The summed E-state index contributed by atoms with van der Waals surface area (Å²) in [5.74, 6) is 0.143. The van der Waals surface area contributed by atoms with Crippen molar-refractivity contribution >= 4 is 23.2 Å². The van der Waals surface area contributed by atoms with E-state index in [9.17, 15) is 9.18 Å². The predicted molar refractivity (Wildman–Crippen MR) is 94.1 cm³/mol. The molecular formula is C18H20ClFN2O2. The van der Waals surface area contributed by atoms with E-state index in [0.717, 1.165) is 5.75 Å². The largest absolute Gasteiger partial charge is 0.492 e. The van der Waals surface area contributed by atoms with Crippen LogP contribution in [0.2, 0.25) is 5.02 Å². The second kappa shape index (κ2) is 8.66. The molecule has 2 aromatic carbocycles. The van der Waals surface area contributed by atoms with Gasteiger partial charge < -0.3 is 10.1 Å². The van der Waals surface area contributed by atoms with Crippen molar-refractivity contribution in [2.24, 2.45) is 0 Å². The molecule has 1 N–H and O–H groups in total. The maximum atomic E-state index is 13.1. The minimum absolute atomic E-state index is 0.199. The van der Waals surface area contributed by atoms with E-state index in [4.69, 9.17) is 16.3 Å². The van der Waals surface area contributed by atoms with Crippen molar-refractivity contribution in [3.63, 3.8) is 0 Å². The number of nitrogens with one attached hydrogen (secondary N) is 1. The molecule has 0 heterocycles. The molecule has 0 aliphatic rings. The van der Waals surface area contributed by atoms with Crippen LogP contribution in [0.1, 0.15) is 6.92 Å². The Kier molecular flexibility index (Phi) is 6.58. The fourth-order valence-electron chi connectivity index (χ4n) is 2.05. The van der Waals surface area contributed by atoms with Gasteiger partial charge in [0.15, 0.2) is 0 Å². The first-order chi connectivity index (χ1) is 11.5. The Balaban J connectivity index is 1.79. The van der Waals surface area contributed by atoms with Crippen molar-refractivity contribution in [3.8, 4) is 5.75 Å². The monoisotopic (exact) mass is 350 g/mol. The topological polar surface area (TPSA) is 41.6 Å². The Morgan fingerprint density at radius 3 is 2.67 bits per heavy atom. The highest BCUT2D eigenvalue weighted by Gasteiger charge is 2.18. The third kappa shape index (κ3) is 5.51. The summed E-state index contributed by atoms with van der Waals surface area (Å²) < 4.78 is 18.8. The van der Waals surface area contributed by atoms with Crippen LogP contribution in [0.15, 0.2) is 48.5 Å².